The smallest absolute Gasteiger partial charge is 0.262 e. The Morgan fingerprint density at radius 1 is 1.17 bits per heavy atom. The topological polar surface area (TPSA) is 56.3 Å². The van der Waals surface area contributed by atoms with Crippen molar-refractivity contribution in [1.82, 2.24) is 9.97 Å². The molecule has 0 amide bonds. The molecule has 0 aliphatic carbocycles. The van der Waals surface area contributed by atoms with Gasteiger partial charge in [0.25, 0.3) is 5.88 Å². The maximum absolute atomic E-state index is 5.63. The molecule has 1 aromatic rings. The van der Waals surface area contributed by atoms with E-state index >= 15 is 0 Å². The Balaban J connectivity index is 2.65. The van der Waals surface area contributed by atoms with E-state index in [-0.39, 0.29) is 0 Å². The van der Waals surface area contributed by atoms with Crippen molar-refractivity contribution in [3.05, 3.63) is 6.33 Å². The van der Waals surface area contributed by atoms with E-state index in [2.05, 4.69) is 29.1 Å². The molecule has 0 fully saturated rings. The third-order valence-corrected chi connectivity index (χ3v) is 2.50. The summed E-state index contributed by atoms with van der Waals surface area (Å²) >= 11 is 0. The molecule has 0 spiro atoms. The maximum atomic E-state index is 5.63. The summed E-state index contributed by atoms with van der Waals surface area (Å²) in [6.45, 7) is 5.78. The van der Waals surface area contributed by atoms with Gasteiger partial charge >= 0.3 is 0 Å². The quantitative estimate of drug-likeness (QED) is 0.686. The Bertz CT molecular complexity index is 345. The van der Waals surface area contributed by atoms with Gasteiger partial charge in [0.2, 0.25) is 5.75 Å². The van der Waals surface area contributed by atoms with Gasteiger partial charge in [0.15, 0.2) is 5.82 Å². The SMILES string of the molecule is CCCCCOc1ncnc(NCCC)c1OC. The summed E-state index contributed by atoms with van der Waals surface area (Å²) in [5.74, 6) is 1.80. The fourth-order valence-corrected chi connectivity index (χ4v) is 1.53. The second kappa shape index (κ2) is 8.55. The van der Waals surface area contributed by atoms with Crippen LogP contribution in [0.15, 0.2) is 6.33 Å². The maximum Gasteiger partial charge on any atom is 0.262 e. The zero-order chi connectivity index (χ0) is 13.2. The van der Waals surface area contributed by atoms with E-state index in [9.17, 15) is 0 Å². The van der Waals surface area contributed by atoms with Crippen molar-refractivity contribution in [2.45, 2.75) is 39.5 Å². The number of unbranched alkanes of at least 4 members (excludes halogenated alkanes) is 2. The molecule has 1 N–H and O–H groups in total. The Morgan fingerprint density at radius 3 is 2.67 bits per heavy atom. The molecule has 0 unspecified atom stereocenters. The van der Waals surface area contributed by atoms with E-state index in [1.807, 2.05) is 0 Å². The number of methoxy groups -OCH3 is 1. The highest BCUT2D eigenvalue weighted by Gasteiger charge is 2.12. The van der Waals surface area contributed by atoms with Gasteiger partial charge in [-0.25, -0.2) is 4.98 Å². The third kappa shape index (κ3) is 4.39. The van der Waals surface area contributed by atoms with Crippen LogP contribution in [-0.2, 0) is 0 Å². The number of hydrogen-bond acceptors (Lipinski definition) is 5. The Kier molecular flexibility index (Phi) is 6.91. The summed E-state index contributed by atoms with van der Waals surface area (Å²) in [4.78, 5) is 8.28. The lowest BCUT2D eigenvalue weighted by atomic mass is 10.3. The van der Waals surface area contributed by atoms with Crippen LogP contribution in [0.25, 0.3) is 0 Å². The average Bonchev–Trinajstić information content (AvgIpc) is 2.41. The van der Waals surface area contributed by atoms with Gasteiger partial charge in [0, 0.05) is 6.54 Å². The summed E-state index contributed by atoms with van der Waals surface area (Å²) in [5.41, 5.74) is 0. The second-order valence-electron chi connectivity index (χ2n) is 4.04. The van der Waals surface area contributed by atoms with Crippen LogP contribution < -0.4 is 14.8 Å². The molecule has 0 radical (unpaired) electrons. The molecule has 18 heavy (non-hydrogen) atoms. The first kappa shape index (κ1) is 14.5. The second-order valence-corrected chi connectivity index (χ2v) is 4.04. The number of nitrogens with one attached hydrogen (secondary N) is 1. The molecule has 0 aromatic carbocycles. The highest BCUT2D eigenvalue weighted by atomic mass is 16.5. The summed E-state index contributed by atoms with van der Waals surface area (Å²) in [6.07, 6.45) is 5.89. The highest BCUT2D eigenvalue weighted by molar-refractivity contribution is 5.54. The van der Waals surface area contributed by atoms with E-state index < -0.39 is 0 Å². The van der Waals surface area contributed by atoms with Crippen molar-refractivity contribution in [2.75, 3.05) is 25.6 Å². The predicted molar refractivity (Wildman–Crippen MR) is 72.4 cm³/mol. The fourth-order valence-electron chi connectivity index (χ4n) is 1.53. The fraction of sp³-hybridized carbons (Fsp3) is 0.692. The van der Waals surface area contributed by atoms with Gasteiger partial charge in [-0.1, -0.05) is 26.7 Å². The Labute approximate surface area is 109 Å². The minimum absolute atomic E-state index is 0.516. The van der Waals surface area contributed by atoms with Gasteiger partial charge in [0.05, 0.1) is 13.7 Å². The van der Waals surface area contributed by atoms with E-state index in [1.54, 1.807) is 7.11 Å². The Hall–Kier alpha value is -1.52. The largest absolute Gasteiger partial charge is 0.489 e. The van der Waals surface area contributed by atoms with Crippen molar-refractivity contribution in [3.8, 4) is 11.6 Å². The molecule has 0 aliphatic heterocycles. The van der Waals surface area contributed by atoms with Gasteiger partial charge < -0.3 is 14.8 Å². The molecule has 5 heteroatoms. The van der Waals surface area contributed by atoms with Gasteiger partial charge in [-0.15, -0.1) is 0 Å². The van der Waals surface area contributed by atoms with Crippen LogP contribution in [0.1, 0.15) is 39.5 Å². The van der Waals surface area contributed by atoms with Crippen LogP contribution in [0.2, 0.25) is 0 Å². The van der Waals surface area contributed by atoms with E-state index in [4.69, 9.17) is 9.47 Å². The molecule has 1 heterocycles. The van der Waals surface area contributed by atoms with Crippen molar-refractivity contribution >= 4 is 5.82 Å². The molecule has 1 rings (SSSR count). The number of hydrogen-bond donors (Lipinski definition) is 1. The summed E-state index contributed by atoms with van der Waals surface area (Å²) in [6, 6.07) is 0. The van der Waals surface area contributed by atoms with Crippen LogP contribution in [-0.4, -0.2) is 30.2 Å². The standard InChI is InChI=1S/C13H23N3O2/c1-4-6-7-9-18-13-11(17-3)12(14-8-5-2)15-10-16-13/h10H,4-9H2,1-3H3,(H,14,15,16). The highest BCUT2D eigenvalue weighted by Crippen LogP contribution is 2.30. The molecule has 5 nitrogen and oxygen atoms in total. The molecular formula is C13H23N3O2. The molecule has 0 aliphatic rings. The average molecular weight is 253 g/mol. The zero-order valence-electron chi connectivity index (χ0n) is 11.5. The van der Waals surface area contributed by atoms with Crippen LogP contribution in [0, 0.1) is 0 Å². The summed E-state index contributed by atoms with van der Waals surface area (Å²) in [7, 11) is 1.61. The Morgan fingerprint density at radius 2 is 2.00 bits per heavy atom. The van der Waals surface area contributed by atoms with E-state index in [1.165, 1.54) is 12.7 Å². The van der Waals surface area contributed by atoms with Crippen molar-refractivity contribution in [2.24, 2.45) is 0 Å². The predicted octanol–water partition coefficient (Wildman–Crippen LogP) is 2.88. The molecule has 1 aromatic heterocycles. The summed E-state index contributed by atoms with van der Waals surface area (Å²) < 4.78 is 11.0. The van der Waals surface area contributed by atoms with Gasteiger partial charge in [-0.3, -0.25) is 0 Å². The first-order valence-corrected chi connectivity index (χ1v) is 6.59. The molecular weight excluding hydrogens is 230 g/mol. The number of anilines is 1. The van der Waals surface area contributed by atoms with Crippen molar-refractivity contribution in [1.29, 1.82) is 0 Å². The minimum atomic E-state index is 0.516. The lowest BCUT2D eigenvalue weighted by molar-refractivity contribution is 0.274. The van der Waals surface area contributed by atoms with Crippen LogP contribution >= 0.6 is 0 Å². The van der Waals surface area contributed by atoms with Gasteiger partial charge in [0.1, 0.15) is 6.33 Å². The van der Waals surface area contributed by atoms with E-state index in [0.29, 0.717) is 24.1 Å². The molecule has 0 atom stereocenters. The van der Waals surface area contributed by atoms with Crippen LogP contribution in [0.4, 0.5) is 5.82 Å². The number of rotatable bonds is 9. The monoisotopic (exact) mass is 253 g/mol. The van der Waals surface area contributed by atoms with Crippen molar-refractivity contribution < 1.29 is 9.47 Å². The van der Waals surface area contributed by atoms with Gasteiger partial charge in [-0.05, 0) is 12.8 Å². The molecule has 0 saturated heterocycles. The number of nitrogens with zero attached hydrogens (tertiary/aromatic N) is 2. The first-order valence-electron chi connectivity index (χ1n) is 6.59. The number of ether oxygens (including phenoxy) is 2. The third-order valence-electron chi connectivity index (χ3n) is 2.50. The zero-order valence-corrected chi connectivity index (χ0v) is 11.5. The molecule has 0 saturated carbocycles. The lowest BCUT2D eigenvalue weighted by Crippen LogP contribution is -2.07. The summed E-state index contributed by atoms with van der Waals surface area (Å²) in [5, 5.41) is 3.20. The molecule has 102 valence electrons. The lowest BCUT2D eigenvalue weighted by Gasteiger charge is -2.13. The van der Waals surface area contributed by atoms with Gasteiger partial charge in [-0.2, -0.15) is 4.98 Å². The normalized spacial score (nSPS) is 10.2. The number of aromatic nitrogens is 2. The van der Waals surface area contributed by atoms with Crippen LogP contribution in [0.3, 0.4) is 0 Å². The van der Waals surface area contributed by atoms with E-state index in [0.717, 1.165) is 25.8 Å². The van der Waals surface area contributed by atoms with Crippen LogP contribution in [0.5, 0.6) is 11.6 Å². The molecule has 0 bridgehead atoms. The van der Waals surface area contributed by atoms with Crippen molar-refractivity contribution in [3.63, 3.8) is 0 Å². The minimum Gasteiger partial charge on any atom is -0.489 e. The first-order chi connectivity index (χ1) is 8.83.